The molecule has 0 aliphatic rings. The molecule has 20 heavy (non-hydrogen) atoms. The van der Waals surface area contributed by atoms with E-state index < -0.39 is 5.97 Å². The van der Waals surface area contributed by atoms with E-state index in [1.165, 1.54) is 16.7 Å². The van der Waals surface area contributed by atoms with Crippen molar-refractivity contribution in [3.63, 3.8) is 0 Å². The highest BCUT2D eigenvalue weighted by molar-refractivity contribution is 7.09. The first kappa shape index (κ1) is 14.3. The van der Waals surface area contributed by atoms with Gasteiger partial charge >= 0.3 is 5.97 Å². The Morgan fingerprint density at radius 1 is 1.40 bits per heavy atom. The number of carbonyl (C=O) groups is 2. The van der Waals surface area contributed by atoms with Gasteiger partial charge in [-0.05, 0) is 18.1 Å². The average Bonchev–Trinajstić information content (AvgIpc) is 3.07. The standard InChI is InChI=1S/C13H14N2O4S/c16-11(2-1-9-4-6-19-7-9)14-5-3-12-15-10(8-20-12)13(17)18/h4,6-8H,1-3,5H2,(H,14,16)(H,17,18). The third-order valence-electron chi connectivity index (χ3n) is 2.65. The fraction of sp³-hybridized carbons (Fsp3) is 0.308. The molecule has 2 N–H and O–H groups in total. The van der Waals surface area contributed by atoms with E-state index in [1.807, 2.05) is 6.07 Å². The maximum Gasteiger partial charge on any atom is 0.355 e. The Morgan fingerprint density at radius 2 is 2.25 bits per heavy atom. The number of hydrogen-bond donors (Lipinski definition) is 2. The van der Waals surface area contributed by atoms with Gasteiger partial charge in [-0.15, -0.1) is 11.3 Å². The van der Waals surface area contributed by atoms with Gasteiger partial charge in [0, 0.05) is 24.8 Å². The van der Waals surface area contributed by atoms with E-state index >= 15 is 0 Å². The third kappa shape index (κ3) is 4.20. The summed E-state index contributed by atoms with van der Waals surface area (Å²) in [6, 6.07) is 1.83. The zero-order valence-corrected chi connectivity index (χ0v) is 11.5. The highest BCUT2D eigenvalue weighted by Gasteiger charge is 2.09. The van der Waals surface area contributed by atoms with Crippen molar-refractivity contribution in [3.05, 3.63) is 40.2 Å². The molecule has 2 rings (SSSR count). The molecule has 0 atom stereocenters. The molecule has 7 heteroatoms. The Kier molecular flexibility index (Phi) is 4.89. The van der Waals surface area contributed by atoms with Gasteiger partial charge in [0.25, 0.3) is 0 Å². The van der Waals surface area contributed by atoms with Gasteiger partial charge < -0.3 is 14.8 Å². The summed E-state index contributed by atoms with van der Waals surface area (Å²) in [6.07, 6.45) is 4.78. The Balaban J connectivity index is 1.67. The smallest absolute Gasteiger partial charge is 0.355 e. The number of nitrogens with zero attached hydrogens (tertiary/aromatic N) is 1. The maximum atomic E-state index is 11.6. The Hall–Kier alpha value is -2.15. The van der Waals surface area contributed by atoms with E-state index in [-0.39, 0.29) is 11.6 Å². The number of carboxylic acids is 1. The Labute approximate surface area is 119 Å². The molecule has 0 aliphatic carbocycles. The summed E-state index contributed by atoms with van der Waals surface area (Å²) in [5.41, 5.74) is 1.04. The van der Waals surface area contributed by atoms with Crippen LogP contribution in [0.15, 0.2) is 28.4 Å². The molecule has 0 fully saturated rings. The van der Waals surface area contributed by atoms with E-state index in [2.05, 4.69) is 10.3 Å². The highest BCUT2D eigenvalue weighted by atomic mass is 32.1. The summed E-state index contributed by atoms with van der Waals surface area (Å²) >= 11 is 1.29. The van der Waals surface area contributed by atoms with Crippen LogP contribution in [0, 0.1) is 0 Å². The molecular weight excluding hydrogens is 280 g/mol. The van der Waals surface area contributed by atoms with Crippen LogP contribution in [0.3, 0.4) is 0 Å². The van der Waals surface area contributed by atoms with Crippen LogP contribution in [0.4, 0.5) is 0 Å². The molecule has 106 valence electrons. The minimum atomic E-state index is -1.03. The van der Waals surface area contributed by atoms with Crippen LogP contribution in [0.2, 0.25) is 0 Å². The lowest BCUT2D eigenvalue weighted by atomic mass is 10.2. The third-order valence-corrected chi connectivity index (χ3v) is 3.56. The molecule has 0 saturated carbocycles. The number of aryl methyl sites for hydroxylation is 1. The van der Waals surface area contributed by atoms with Gasteiger partial charge in [0.1, 0.15) is 0 Å². The number of hydrogen-bond acceptors (Lipinski definition) is 5. The predicted molar refractivity (Wildman–Crippen MR) is 72.8 cm³/mol. The largest absolute Gasteiger partial charge is 0.476 e. The lowest BCUT2D eigenvalue weighted by molar-refractivity contribution is -0.121. The molecular formula is C13H14N2O4S. The van der Waals surface area contributed by atoms with Crippen molar-refractivity contribution in [2.24, 2.45) is 0 Å². The second kappa shape index (κ2) is 6.85. The van der Waals surface area contributed by atoms with Crippen molar-refractivity contribution in [2.45, 2.75) is 19.3 Å². The first-order chi connectivity index (χ1) is 9.65. The van der Waals surface area contributed by atoms with Crippen molar-refractivity contribution >= 4 is 23.2 Å². The summed E-state index contributed by atoms with van der Waals surface area (Å²) in [5, 5.41) is 13.7. The van der Waals surface area contributed by atoms with Crippen LogP contribution >= 0.6 is 11.3 Å². The van der Waals surface area contributed by atoms with E-state index in [1.54, 1.807) is 12.5 Å². The number of carbonyl (C=O) groups excluding carboxylic acids is 1. The van der Waals surface area contributed by atoms with Crippen LogP contribution < -0.4 is 5.32 Å². The van der Waals surface area contributed by atoms with Gasteiger partial charge in [-0.2, -0.15) is 0 Å². The Bertz CT molecular complexity index is 577. The molecule has 1 amide bonds. The lowest BCUT2D eigenvalue weighted by Gasteiger charge is -2.02. The van der Waals surface area contributed by atoms with Crippen molar-refractivity contribution in [2.75, 3.05) is 6.54 Å². The second-order valence-corrected chi connectivity index (χ2v) is 5.11. The van der Waals surface area contributed by atoms with Gasteiger partial charge in [0.2, 0.25) is 5.91 Å². The summed E-state index contributed by atoms with van der Waals surface area (Å²) < 4.78 is 4.92. The molecule has 0 unspecified atom stereocenters. The average molecular weight is 294 g/mol. The molecule has 2 aromatic rings. The van der Waals surface area contributed by atoms with E-state index in [0.717, 1.165) is 5.56 Å². The quantitative estimate of drug-likeness (QED) is 0.811. The van der Waals surface area contributed by atoms with E-state index in [9.17, 15) is 9.59 Å². The molecule has 0 bridgehead atoms. The molecule has 2 heterocycles. The molecule has 0 radical (unpaired) electrons. The van der Waals surface area contributed by atoms with Crippen molar-refractivity contribution < 1.29 is 19.1 Å². The maximum absolute atomic E-state index is 11.6. The van der Waals surface area contributed by atoms with Crippen molar-refractivity contribution in [3.8, 4) is 0 Å². The number of nitrogens with one attached hydrogen (secondary N) is 1. The summed E-state index contributed by atoms with van der Waals surface area (Å²) in [6.45, 7) is 0.455. The first-order valence-electron chi connectivity index (χ1n) is 6.10. The minimum Gasteiger partial charge on any atom is -0.476 e. The number of rotatable bonds is 7. The SMILES string of the molecule is O=C(CCc1ccoc1)NCCc1nc(C(=O)O)cs1. The summed E-state index contributed by atoms with van der Waals surface area (Å²) in [7, 11) is 0. The molecule has 0 aromatic carbocycles. The normalized spacial score (nSPS) is 10.4. The van der Waals surface area contributed by atoms with Crippen LogP contribution in [0.1, 0.15) is 27.5 Å². The fourth-order valence-corrected chi connectivity index (χ4v) is 2.39. The van der Waals surface area contributed by atoms with Gasteiger partial charge in [-0.3, -0.25) is 4.79 Å². The zero-order chi connectivity index (χ0) is 14.4. The molecule has 0 spiro atoms. The van der Waals surface area contributed by atoms with Crippen LogP contribution in [0.25, 0.3) is 0 Å². The molecule has 2 aromatic heterocycles. The topological polar surface area (TPSA) is 92.4 Å². The minimum absolute atomic E-state index is 0.0405. The summed E-state index contributed by atoms with van der Waals surface area (Å²) in [4.78, 5) is 26.2. The number of aromatic carboxylic acids is 1. The monoisotopic (exact) mass is 294 g/mol. The van der Waals surface area contributed by atoms with Crippen LogP contribution in [-0.4, -0.2) is 28.5 Å². The lowest BCUT2D eigenvalue weighted by Crippen LogP contribution is -2.25. The first-order valence-corrected chi connectivity index (χ1v) is 6.98. The fourth-order valence-electron chi connectivity index (χ4n) is 1.61. The number of thiazole rings is 1. The highest BCUT2D eigenvalue weighted by Crippen LogP contribution is 2.10. The van der Waals surface area contributed by atoms with Gasteiger partial charge in [-0.1, -0.05) is 0 Å². The van der Waals surface area contributed by atoms with Gasteiger partial charge in [-0.25, -0.2) is 9.78 Å². The van der Waals surface area contributed by atoms with E-state index in [4.69, 9.17) is 9.52 Å². The number of carboxylic acid groups (broad SMARTS) is 1. The number of amides is 1. The number of furan rings is 1. The summed E-state index contributed by atoms with van der Waals surface area (Å²) in [5.74, 6) is -1.07. The number of aromatic nitrogens is 1. The van der Waals surface area contributed by atoms with Crippen molar-refractivity contribution in [1.29, 1.82) is 0 Å². The van der Waals surface area contributed by atoms with Crippen LogP contribution in [0.5, 0.6) is 0 Å². The Morgan fingerprint density at radius 3 is 2.90 bits per heavy atom. The van der Waals surface area contributed by atoms with Gasteiger partial charge in [0.05, 0.1) is 17.5 Å². The van der Waals surface area contributed by atoms with Gasteiger partial charge in [0.15, 0.2) is 5.69 Å². The zero-order valence-electron chi connectivity index (χ0n) is 10.7. The predicted octanol–water partition coefficient (Wildman–Crippen LogP) is 1.73. The molecule has 0 aliphatic heterocycles. The van der Waals surface area contributed by atoms with Crippen molar-refractivity contribution in [1.82, 2.24) is 10.3 Å². The second-order valence-electron chi connectivity index (χ2n) is 4.16. The van der Waals surface area contributed by atoms with E-state index in [0.29, 0.717) is 30.8 Å². The van der Waals surface area contributed by atoms with Crippen LogP contribution in [-0.2, 0) is 17.6 Å². The molecule has 0 saturated heterocycles. The molecule has 6 nitrogen and oxygen atoms in total.